The summed E-state index contributed by atoms with van der Waals surface area (Å²) in [5, 5.41) is 13.7. The highest BCUT2D eigenvalue weighted by atomic mass is 32.1. The molecule has 2 heterocycles. The standard InChI is InChI=1S/C7H10N6S/c1-13-11-7(10-12-13)6(9-8)5-3-2-4-14-5/h2-4,6,9H,8H2,1H3. The first kappa shape index (κ1) is 9.25. The minimum absolute atomic E-state index is 0.177. The van der Waals surface area contributed by atoms with Gasteiger partial charge >= 0.3 is 0 Å². The van der Waals surface area contributed by atoms with Gasteiger partial charge in [-0.2, -0.15) is 4.80 Å². The molecule has 3 N–H and O–H groups in total. The lowest BCUT2D eigenvalue weighted by Crippen LogP contribution is -2.29. The zero-order valence-electron chi connectivity index (χ0n) is 7.58. The molecule has 0 aliphatic rings. The van der Waals surface area contributed by atoms with E-state index in [9.17, 15) is 0 Å². The van der Waals surface area contributed by atoms with E-state index in [4.69, 9.17) is 5.84 Å². The van der Waals surface area contributed by atoms with E-state index < -0.39 is 0 Å². The molecule has 74 valence electrons. The Balaban J connectivity index is 2.31. The fourth-order valence-electron chi connectivity index (χ4n) is 1.15. The van der Waals surface area contributed by atoms with Gasteiger partial charge in [-0.3, -0.25) is 5.84 Å². The third kappa shape index (κ3) is 1.65. The van der Waals surface area contributed by atoms with Crippen LogP contribution in [0.2, 0.25) is 0 Å². The molecule has 0 saturated carbocycles. The van der Waals surface area contributed by atoms with Crippen LogP contribution in [0.5, 0.6) is 0 Å². The molecule has 6 nitrogen and oxygen atoms in total. The fourth-order valence-corrected chi connectivity index (χ4v) is 1.93. The van der Waals surface area contributed by atoms with Gasteiger partial charge in [-0.1, -0.05) is 6.07 Å². The predicted molar refractivity (Wildman–Crippen MR) is 52.3 cm³/mol. The number of hydrogen-bond donors (Lipinski definition) is 2. The van der Waals surface area contributed by atoms with Crippen LogP contribution >= 0.6 is 11.3 Å². The van der Waals surface area contributed by atoms with Gasteiger partial charge in [-0.15, -0.1) is 21.5 Å². The van der Waals surface area contributed by atoms with Gasteiger partial charge in [-0.05, 0) is 16.7 Å². The van der Waals surface area contributed by atoms with Crippen LogP contribution in [0.15, 0.2) is 17.5 Å². The zero-order valence-corrected chi connectivity index (χ0v) is 8.40. The molecule has 1 unspecified atom stereocenters. The summed E-state index contributed by atoms with van der Waals surface area (Å²) in [6.07, 6.45) is 0. The molecule has 14 heavy (non-hydrogen) atoms. The van der Waals surface area contributed by atoms with Crippen LogP contribution in [0.3, 0.4) is 0 Å². The average Bonchev–Trinajstić information content (AvgIpc) is 2.79. The predicted octanol–water partition coefficient (Wildman–Crippen LogP) is -0.176. The number of nitrogens with one attached hydrogen (secondary N) is 1. The molecule has 0 amide bonds. The zero-order chi connectivity index (χ0) is 9.97. The Morgan fingerprint density at radius 3 is 3.00 bits per heavy atom. The lowest BCUT2D eigenvalue weighted by Gasteiger charge is -2.08. The average molecular weight is 210 g/mol. The Labute approximate surface area is 84.7 Å². The summed E-state index contributed by atoms with van der Waals surface area (Å²) in [6, 6.07) is 3.76. The molecule has 1 atom stereocenters. The summed E-state index contributed by atoms with van der Waals surface area (Å²) in [4.78, 5) is 2.48. The summed E-state index contributed by atoms with van der Waals surface area (Å²) in [5.41, 5.74) is 2.67. The van der Waals surface area contributed by atoms with Crippen molar-refractivity contribution < 1.29 is 0 Å². The third-order valence-electron chi connectivity index (χ3n) is 1.78. The van der Waals surface area contributed by atoms with Gasteiger partial charge in [0.25, 0.3) is 0 Å². The lowest BCUT2D eigenvalue weighted by atomic mass is 10.2. The summed E-state index contributed by atoms with van der Waals surface area (Å²) in [5.74, 6) is 6.03. The van der Waals surface area contributed by atoms with E-state index in [2.05, 4.69) is 20.8 Å². The molecule has 2 aromatic rings. The van der Waals surface area contributed by atoms with Gasteiger partial charge in [0.2, 0.25) is 0 Å². The lowest BCUT2D eigenvalue weighted by molar-refractivity contribution is 0.595. The number of rotatable bonds is 3. The second-order valence-corrected chi connectivity index (χ2v) is 3.73. The number of hydrazine groups is 1. The van der Waals surface area contributed by atoms with E-state index in [1.165, 1.54) is 4.80 Å². The largest absolute Gasteiger partial charge is 0.270 e. The highest BCUT2D eigenvalue weighted by molar-refractivity contribution is 7.10. The number of thiophene rings is 1. The van der Waals surface area contributed by atoms with Crippen LogP contribution in [0.1, 0.15) is 16.7 Å². The van der Waals surface area contributed by atoms with Crippen molar-refractivity contribution in [3.05, 3.63) is 28.2 Å². The van der Waals surface area contributed by atoms with Crippen LogP contribution in [0, 0.1) is 0 Å². The molecule has 0 aliphatic heterocycles. The summed E-state index contributed by atoms with van der Waals surface area (Å²) < 4.78 is 0. The number of aryl methyl sites for hydroxylation is 1. The number of nitrogens with zero attached hydrogens (tertiary/aromatic N) is 4. The van der Waals surface area contributed by atoms with E-state index in [0.717, 1.165) is 4.88 Å². The minimum Gasteiger partial charge on any atom is -0.270 e. The SMILES string of the molecule is Cn1nnc(C(NN)c2cccs2)n1. The van der Waals surface area contributed by atoms with E-state index in [1.807, 2.05) is 17.5 Å². The monoisotopic (exact) mass is 210 g/mol. The highest BCUT2D eigenvalue weighted by Gasteiger charge is 2.18. The summed E-state index contributed by atoms with van der Waals surface area (Å²) in [7, 11) is 1.72. The van der Waals surface area contributed by atoms with Gasteiger partial charge in [0, 0.05) is 4.88 Å². The Kier molecular flexibility index (Phi) is 2.53. The van der Waals surface area contributed by atoms with Gasteiger partial charge in [0.1, 0.15) is 6.04 Å². The van der Waals surface area contributed by atoms with Crippen molar-refractivity contribution in [3.63, 3.8) is 0 Å². The van der Waals surface area contributed by atoms with E-state index in [0.29, 0.717) is 5.82 Å². The number of nitrogens with two attached hydrogens (primary N) is 1. The van der Waals surface area contributed by atoms with Crippen molar-refractivity contribution in [3.8, 4) is 0 Å². The minimum atomic E-state index is -0.177. The van der Waals surface area contributed by atoms with Crippen LogP contribution in [-0.2, 0) is 7.05 Å². The second kappa shape index (κ2) is 3.82. The third-order valence-corrected chi connectivity index (χ3v) is 2.71. The number of tetrazole rings is 1. The van der Waals surface area contributed by atoms with Crippen LogP contribution in [-0.4, -0.2) is 20.2 Å². The molecular weight excluding hydrogens is 200 g/mol. The Hall–Kier alpha value is -1.31. The van der Waals surface area contributed by atoms with Crippen molar-refractivity contribution in [2.24, 2.45) is 12.9 Å². The number of hydrogen-bond acceptors (Lipinski definition) is 6. The van der Waals surface area contributed by atoms with E-state index in [1.54, 1.807) is 18.4 Å². The van der Waals surface area contributed by atoms with Crippen LogP contribution in [0.25, 0.3) is 0 Å². The topological polar surface area (TPSA) is 81.7 Å². The molecule has 2 rings (SSSR count). The molecule has 0 aliphatic carbocycles. The van der Waals surface area contributed by atoms with Crippen molar-refractivity contribution in [1.29, 1.82) is 0 Å². The summed E-state index contributed by atoms with van der Waals surface area (Å²) >= 11 is 1.60. The fraction of sp³-hybridized carbons (Fsp3) is 0.286. The van der Waals surface area contributed by atoms with Gasteiger partial charge < -0.3 is 0 Å². The maximum atomic E-state index is 5.44. The number of aromatic nitrogens is 4. The second-order valence-electron chi connectivity index (χ2n) is 2.75. The first-order chi connectivity index (χ1) is 6.81. The first-order valence-electron chi connectivity index (χ1n) is 4.04. The van der Waals surface area contributed by atoms with Crippen molar-refractivity contribution >= 4 is 11.3 Å². The first-order valence-corrected chi connectivity index (χ1v) is 4.92. The van der Waals surface area contributed by atoms with Crippen LogP contribution in [0.4, 0.5) is 0 Å². The molecule has 0 saturated heterocycles. The smallest absolute Gasteiger partial charge is 0.198 e. The van der Waals surface area contributed by atoms with Gasteiger partial charge in [-0.25, -0.2) is 5.43 Å². The molecule has 0 radical (unpaired) electrons. The molecule has 0 spiro atoms. The highest BCUT2D eigenvalue weighted by Crippen LogP contribution is 2.21. The molecule has 0 fully saturated rings. The Morgan fingerprint density at radius 2 is 2.50 bits per heavy atom. The Bertz CT molecular complexity index is 394. The molecule has 7 heteroatoms. The maximum absolute atomic E-state index is 5.44. The Morgan fingerprint density at radius 1 is 1.64 bits per heavy atom. The molecule has 2 aromatic heterocycles. The summed E-state index contributed by atoms with van der Waals surface area (Å²) in [6.45, 7) is 0. The maximum Gasteiger partial charge on any atom is 0.198 e. The van der Waals surface area contributed by atoms with E-state index >= 15 is 0 Å². The molecular formula is C7H10N6S. The van der Waals surface area contributed by atoms with E-state index in [-0.39, 0.29) is 6.04 Å². The van der Waals surface area contributed by atoms with Crippen molar-refractivity contribution in [2.45, 2.75) is 6.04 Å². The van der Waals surface area contributed by atoms with Gasteiger partial charge in [0.05, 0.1) is 7.05 Å². The van der Waals surface area contributed by atoms with Crippen molar-refractivity contribution in [1.82, 2.24) is 25.6 Å². The quantitative estimate of drug-likeness (QED) is 0.542. The van der Waals surface area contributed by atoms with Crippen molar-refractivity contribution in [2.75, 3.05) is 0 Å². The molecule has 0 aromatic carbocycles. The normalized spacial score (nSPS) is 13.0. The molecule has 0 bridgehead atoms. The van der Waals surface area contributed by atoms with Crippen LogP contribution < -0.4 is 11.3 Å². The van der Waals surface area contributed by atoms with Gasteiger partial charge in [0.15, 0.2) is 5.82 Å².